The Morgan fingerprint density at radius 3 is 2.55 bits per heavy atom. The molecule has 2 aromatic carbocycles. The second-order valence-corrected chi connectivity index (χ2v) is 8.02. The number of thioether (sulfide) groups is 1. The summed E-state index contributed by atoms with van der Waals surface area (Å²) in [5.41, 5.74) is 1.51. The summed E-state index contributed by atoms with van der Waals surface area (Å²) < 4.78 is 27.0. The summed E-state index contributed by atoms with van der Waals surface area (Å²) >= 11 is 1.26. The second kappa shape index (κ2) is 9.87. The smallest absolute Gasteiger partial charge is 0.281 e. The van der Waals surface area contributed by atoms with E-state index in [-0.39, 0.29) is 41.8 Å². The van der Waals surface area contributed by atoms with Crippen LogP contribution in [0.5, 0.6) is 0 Å². The van der Waals surface area contributed by atoms with Crippen LogP contribution in [0.15, 0.2) is 48.5 Å². The number of carbonyl (C=O) groups excluding carboxylic acids is 2. The van der Waals surface area contributed by atoms with E-state index in [0.29, 0.717) is 25.1 Å². The van der Waals surface area contributed by atoms with Gasteiger partial charge < -0.3 is 9.80 Å². The number of carbonyl (C=O) groups is 2. The normalized spacial score (nSPS) is 14.9. The van der Waals surface area contributed by atoms with Crippen molar-refractivity contribution in [3.05, 3.63) is 71.3 Å². The van der Waals surface area contributed by atoms with E-state index in [1.54, 1.807) is 34.1 Å². The van der Waals surface area contributed by atoms with Gasteiger partial charge in [0, 0.05) is 31.8 Å². The van der Waals surface area contributed by atoms with Gasteiger partial charge in [0.1, 0.15) is 11.6 Å². The molecule has 1 fully saturated rings. The number of hydrogen-bond acceptors (Lipinski definition) is 3. The van der Waals surface area contributed by atoms with E-state index in [1.807, 2.05) is 6.92 Å². The molecule has 2 amide bonds. The number of benzene rings is 2. The molecule has 2 aromatic rings. The van der Waals surface area contributed by atoms with Gasteiger partial charge in [-0.1, -0.05) is 43.0 Å². The van der Waals surface area contributed by atoms with Gasteiger partial charge in [-0.05, 0) is 41.8 Å². The van der Waals surface area contributed by atoms with Crippen LogP contribution in [0.25, 0.3) is 0 Å². The van der Waals surface area contributed by atoms with Crippen LogP contribution in [0.4, 0.5) is 13.6 Å². The van der Waals surface area contributed by atoms with Crippen molar-refractivity contribution in [1.29, 1.82) is 0 Å². The lowest BCUT2D eigenvalue weighted by molar-refractivity contribution is -0.134. The Kier molecular flexibility index (Phi) is 7.25. The average Bonchev–Trinajstić information content (AvgIpc) is 3.12. The van der Waals surface area contributed by atoms with Crippen LogP contribution in [0.3, 0.4) is 0 Å². The molecule has 1 saturated heterocycles. The number of halogens is 2. The van der Waals surface area contributed by atoms with Gasteiger partial charge in [0.2, 0.25) is 5.91 Å². The Morgan fingerprint density at radius 2 is 1.93 bits per heavy atom. The van der Waals surface area contributed by atoms with Gasteiger partial charge in [0.25, 0.3) is 5.24 Å². The molecule has 0 aliphatic carbocycles. The predicted molar refractivity (Wildman–Crippen MR) is 110 cm³/mol. The van der Waals surface area contributed by atoms with Crippen LogP contribution in [-0.4, -0.2) is 39.8 Å². The highest BCUT2D eigenvalue weighted by Gasteiger charge is 2.27. The van der Waals surface area contributed by atoms with Crippen molar-refractivity contribution >= 4 is 22.9 Å². The number of nitrogens with zero attached hydrogens (tertiary/aromatic N) is 2. The van der Waals surface area contributed by atoms with Crippen LogP contribution in [-0.2, 0) is 11.3 Å². The molecule has 1 heterocycles. The summed E-state index contributed by atoms with van der Waals surface area (Å²) in [7, 11) is 0. The molecule has 3 rings (SSSR count). The fourth-order valence-electron chi connectivity index (χ4n) is 3.53. The predicted octanol–water partition coefficient (Wildman–Crippen LogP) is 5.00. The highest BCUT2D eigenvalue weighted by molar-refractivity contribution is 8.13. The van der Waals surface area contributed by atoms with E-state index in [2.05, 4.69) is 0 Å². The number of rotatable bonds is 8. The number of amides is 2. The number of hydrogen-bond donors (Lipinski definition) is 0. The summed E-state index contributed by atoms with van der Waals surface area (Å²) in [6.45, 7) is 3.22. The molecule has 0 N–H and O–H groups in total. The molecular weight excluding hydrogens is 394 g/mol. The molecule has 1 aliphatic heterocycles. The maximum Gasteiger partial charge on any atom is 0.281 e. The topological polar surface area (TPSA) is 40.6 Å². The maximum atomic E-state index is 13.7. The molecule has 7 heteroatoms. The summed E-state index contributed by atoms with van der Waals surface area (Å²) in [4.78, 5) is 28.4. The highest BCUT2D eigenvalue weighted by Crippen LogP contribution is 2.28. The van der Waals surface area contributed by atoms with E-state index < -0.39 is 0 Å². The van der Waals surface area contributed by atoms with Gasteiger partial charge in [-0.2, -0.15) is 0 Å². The zero-order valence-corrected chi connectivity index (χ0v) is 17.1. The molecule has 1 aliphatic rings. The first kappa shape index (κ1) is 21.3. The van der Waals surface area contributed by atoms with Crippen molar-refractivity contribution in [2.75, 3.05) is 18.8 Å². The van der Waals surface area contributed by atoms with Crippen molar-refractivity contribution in [1.82, 2.24) is 9.80 Å². The Balaban J connectivity index is 1.81. The SMILES string of the molecule is CCC(c1ccc(F)cc1)N(Cc1cccc(F)c1)C(=O)CCN1CCSC1=O. The van der Waals surface area contributed by atoms with Crippen molar-refractivity contribution in [2.24, 2.45) is 0 Å². The van der Waals surface area contributed by atoms with Crippen LogP contribution in [0.2, 0.25) is 0 Å². The Hall–Kier alpha value is -2.41. The summed E-state index contributed by atoms with van der Waals surface area (Å²) in [6, 6.07) is 12.0. The highest BCUT2D eigenvalue weighted by atomic mass is 32.2. The van der Waals surface area contributed by atoms with Gasteiger partial charge in [-0.25, -0.2) is 8.78 Å². The maximum absolute atomic E-state index is 13.7. The summed E-state index contributed by atoms with van der Waals surface area (Å²) in [5, 5.41) is 0.0000524. The van der Waals surface area contributed by atoms with Crippen molar-refractivity contribution < 1.29 is 18.4 Å². The molecular formula is C22H24F2N2O2S. The molecule has 0 spiro atoms. The first-order valence-corrected chi connectivity index (χ1v) is 10.7. The first-order valence-electron chi connectivity index (χ1n) is 9.69. The molecule has 1 atom stereocenters. The van der Waals surface area contributed by atoms with Crippen molar-refractivity contribution in [3.63, 3.8) is 0 Å². The first-order chi connectivity index (χ1) is 14.0. The molecule has 0 saturated carbocycles. The van der Waals surface area contributed by atoms with Crippen molar-refractivity contribution in [3.8, 4) is 0 Å². The Bertz CT molecular complexity index is 860. The van der Waals surface area contributed by atoms with Crippen LogP contribution in [0.1, 0.15) is 36.9 Å². The van der Waals surface area contributed by atoms with Gasteiger partial charge in [-0.3, -0.25) is 9.59 Å². The minimum atomic E-state index is -0.357. The molecule has 1 unspecified atom stereocenters. The average molecular weight is 419 g/mol. The van der Waals surface area contributed by atoms with E-state index in [9.17, 15) is 18.4 Å². The molecule has 4 nitrogen and oxygen atoms in total. The lowest BCUT2D eigenvalue weighted by Gasteiger charge is -2.32. The van der Waals surface area contributed by atoms with Gasteiger partial charge >= 0.3 is 0 Å². The van der Waals surface area contributed by atoms with Gasteiger partial charge in [0.05, 0.1) is 6.04 Å². The second-order valence-electron chi connectivity index (χ2n) is 6.98. The minimum absolute atomic E-state index is 0.0000524. The molecule has 0 radical (unpaired) electrons. The lowest BCUT2D eigenvalue weighted by Crippen LogP contribution is -2.37. The summed E-state index contributed by atoms with van der Waals surface area (Å²) in [5.74, 6) is -0.0658. The third kappa shape index (κ3) is 5.56. The Morgan fingerprint density at radius 1 is 1.17 bits per heavy atom. The standard InChI is InChI=1S/C22H24F2N2O2S/c1-2-20(17-6-8-18(23)9-7-17)26(15-16-4-3-5-19(24)14-16)21(27)10-11-25-12-13-29-22(25)28/h3-9,14,20H,2,10-13,15H2,1H3. The summed E-state index contributed by atoms with van der Waals surface area (Å²) in [6.07, 6.45) is 0.824. The molecule has 154 valence electrons. The lowest BCUT2D eigenvalue weighted by atomic mass is 10.0. The zero-order chi connectivity index (χ0) is 20.8. The van der Waals surface area contributed by atoms with E-state index in [4.69, 9.17) is 0 Å². The van der Waals surface area contributed by atoms with Crippen LogP contribution < -0.4 is 0 Å². The van der Waals surface area contributed by atoms with E-state index in [0.717, 1.165) is 11.3 Å². The van der Waals surface area contributed by atoms with Gasteiger partial charge in [0.15, 0.2) is 0 Å². The molecule has 0 bridgehead atoms. The third-order valence-corrected chi connectivity index (χ3v) is 5.91. The van der Waals surface area contributed by atoms with Crippen LogP contribution in [0, 0.1) is 11.6 Å². The van der Waals surface area contributed by atoms with Crippen LogP contribution >= 0.6 is 11.8 Å². The fourth-order valence-corrected chi connectivity index (χ4v) is 4.38. The quantitative estimate of drug-likeness (QED) is 0.606. The monoisotopic (exact) mass is 418 g/mol. The van der Waals surface area contributed by atoms with E-state index in [1.165, 1.54) is 36.0 Å². The Labute approximate surface area is 173 Å². The molecule has 0 aromatic heterocycles. The van der Waals surface area contributed by atoms with E-state index >= 15 is 0 Å². The largest absolute Gasteiger partial charge is 0.332 e. The molecule has 29 heavy (non-hydrogen) atoms. The third-order valence-electron chi connectivity index (χ3n) is 5.02. The van der Waals surface area contributed by atoms with Crippen molar-refractivity contribution in [2.45, 2.75) is 32.4 Å². The fraction of sp³-hybridized carbons (Fsp3) is 0.364. The minimum Gasteiger partial charge on any atom is -0.332 e. The zero-order valence-electron chi connectivity index (χ0n) is 16.3. The van der Waals surface area contributed by atoms with Gasteiger partial charge in [-0.15, -0.1) is 0 Å².